The first-order chi connectivity index (χ1) is 8.27. The summed E-state index contributed by atoms with van der Waals surface area (Å²) in [7, 11) is 0. The van der Waals surface area contributed by atoms with Crippen LogP contribution in [0.2, 0.25) is 0 Å². The Balaban J connectivity index is 2.33. The molecule has 0 saturated heterocycles. The molecule has 0 aliphatic rings. The van der Waals surface area contributed by atoms with Crippen LogP contribution in [0.5, 0.6) is 5.75 Å². The highest BCUT2D eigenvalue weighted by Crippen LogP contribution is 2.13. The number of ketones is 1. The minimum absolute atomic E-state index is 0.155. The van der Waals surface area contributed by atoms with E-state index in [2.05, 4.69) is 6.92 Å². The van der Waals surface area contributed by atoms with Gasteiger partial charge in [0.25, 0.3) is 0 Å². The molecular weight excluding hydrogens is 216 g/mol. The maximum Gasteiger partial charge on any atom is 0.162 e. The van der Waals surface area contributed by atoms with Crippen LogP contribution < -0.4 is 4.74 Å². The summed E-state index contributed by atoms with van der Waals surface area (Å²) >= 11 is 0. The predicted molar refractivity (Wildman–Crippen MR) is 67.7 cm³/mol. The Morgan fingerprint density at radius 2 is 1.76 bits per heavy atom. The molecule has 0 unspecified atom stereocenters. The van der Waals surface area contributed by atoms with Gasteiger partial charge < -0.3 is 9.47 Å². The SMILES string of the molecule is CCCOCCOc1ccc(C(=O)CC)cc1. The quantitative estimate of drug-likeness (QED) is 0.514. The third kappa shape index (κ3) is 5.00. The Bertz CT molecular complexity index is 330. The Morgan fingerprint density at radius 3 is 2.35 bits per heavy atom. The van der Waals surface area contributed by atoms with E-state index in [1.807, 2.05) is 19.1 Å². The van der Waals surface area contributed by atoms with E-state index in [1.54, 1.807) is 12.1 Å². The first kappa shape index (κ1) is 13.7. The molecule has 0 amide bonds. The summed E-state index contributed by atoms with van der Waals surface area (Å²) in [5.41, 5.74) is 0.738. The third-order valence-electron chi connectivity index (χ3n) is 2.34. The molecular formula is C14H20O3. The summed E-state index contributed by atoms with van der Waals surface area (Å²) in [5, 5.41) is 0. The largest absolute Gasteiger partial charge is 0.491 e. The van der Waals surface area contributed by atoms with Crippen LogP contribution in [0.15, 0.2) is 24.3 Å². The second kappa shape index (κ2) is 7.85. The van der Waals surface area contributed by atoms with E-state index in [4.69, 9.17) is 9.47 Å². The highest BCUT2D eigenvalue weighted by atomic mass is 16.5. The Morgan fingerprint density at radius 1 is 1.06 bits per heavy atom. The van der Waals surface area contributed by atoms with Crippen molar-refractivity contribution in [3.8, 4) is 5.75 Å². The lowest BCUT2D eigenvalue weighted by atomic mass is 10.1. The van der Waals surface area contributed by atoms with E-state index < -0.39 is 0 Å². The van der Waals surface area contributed by atoms with Gasteiger partial charge in [0.05, 0.1) is 6.61 Å². The summed E-state index contributed by atoms with van der Waals surface area (Å²) in [6.07, 6.45) is 1.55. The molecule has 0 heterocycles. The standard InChI is InChI=1S/C14H20O3/c1-3-9-16-10-11-17-13-7-5-12(6-8-13)14(15)4-2/h5-8H,3-4,9-11H2,1-2H3. The second-order valence-electron chi connectivity index (χ2n) is 3.76. The average molecular weight is 236 g/mol. The molecule has 0 spiro atoms. The van der Waals surface area contributed by atoms with Crippen LogP contribution in [0.3, 0.4) is 0 Å². The number of carbonyl (C=O) groups is 1. The molecule has 0 aromatic heterocycles. The predicted octanol–water partition coefficient (Wildman–Crippen LogP) is 3.08. The van der Waals surface area contributed by atoms with E-state index in [1.165, 1.54) is 0 Å². The highest BCUT2D eigenvalue weighted by Gasteiger charge is 2.02. The average Bonchev–Trinajstić information content (AvgIpc) is 2.38. The molecule has 0 N–H and O–H groups in total. The zero-order valence-electron chi connectivity index (χ0n) is 10.6. The fraction of sp³-hybridized carbons (Fsp3) is 0.500. The molecule has 1 aromatic carbocycles. The maximum absolute atomic E-state index is 11.4. The lowest BCUT2D eigenvalue weighted by molar-refractivity contribution is 0.0985. The van der Waals surface area contributed by atoms with Gasteiger partial charge in [-0.25, -0.2) is 0 Å². The number of benzene rings is 1. The lowest BCUT2D eigenvalue weighted by Crippen LogP contribution is -2.07. The topological polar surface area (TPSA) is 35.5 Å². The molecule has 0 atom stereocenters. The molecule has 1 aromatic rings. The first-order valence-corrected chi connectivity index (χ1v) is 6.11. The fourth-order valence-corrected chi connectivity index (χ4v) is 1.41. The van der Waals surface area contributed by atoms with Crippen molar-refractivity contribution in [3.63, 3.8) is 0 Å². The molecule has 0 fully saturated rings. The van der Waals surface area contributed by atoms with E-state index in [0.29, 0.717) is 19.6 Å². The molecule has 0 saturated carbocycles. The van der Waals surface area contributed by atoms with Gasteiger partial charge in [-0.15, -0.1) is 0 Å². The van der Waals surface area contributed by atoms with Crippen molar-refractivity contribution in [1.29, 1.82) is 0 Å². The molecule has 0 bridgehead atoms. The first-order valence-electron chi connectivity index (χ1n) is 6.11. The number of carbonyl (C=O) groups excluding carboxylic acids is 1. The molecule has 0 radical (unpaired) electrons. The van der Waals surface area contributed by atoms with E-state index in [9.17, 15) is 4.79 Å². The van der Waals surface area contributed by atoms with Crippen LogP contribution in [0.1, 0.15) is 37.0 Å². The van der Waals surface area contributed by atoms with Gasteiger partial charge in [0.15, 0.2) is 5.78 Å². The summed E-state index contributed by atoms with van der Waals surface area (Å²) in [6, 6.07) is 7.24. The normalized spacial score (nSPS) is 10.2. The van der Waals surface area contributed by atoms with Crippen molar-refractivity contribution in [2.24, 2.45) is 0 Å². The molecule has 94 valence electrons. The Kier molecular flexibility index (Phi) is 6.33. The van der Waals surface area contributed by atoms with Gasteiger partial charge in [-0.3, -0.25) is 4.79 Å². The number of ether oxygens (including phenoxy) is 2. The second-order valence-corrected chi connectivity index (χ2v) is 3.76. The van der Waals surface area contributed by atoms with Crippen molar-refractivity contribution in [1.82, 2.24) is 0 Å². The van der Waals surface area contributed by atoms with Crippen LogP contribution in [-0.4, -0.2) is 25.6 Å². The number of hydrogen-bond acceptors (Lipinski definition) is 3. The van der Waals surface area contributed by atoms with Gasteiger partial charge in [-0.2, -0.15) is 0 Å². The lowest BCUT2D eigenvalue weighted by Gasteiger charge is -2.07. The summed E-state index contributed by atoms with van der Waals surface area (Å²) < 4.78 is 10.8. The van der Waals surface area contributed by atoms with Crippen molar-refractivity contribution >= 4 is 5.78 Å². The smallest absolute Gasteiger partial charge is 0.162 e. The molecule has 3 nitrogen and oxygen atoms in total. The number of rotatable bonds is 8. The van der Waals surface area contributed by atoms with Crippen molar-refractivity contribution in [2.75, 3.05) is 19.8 Å². The van der Waals surface area contributed by atoms with Crippen molar-refractivity contribution < 1.29 is 14.3 Å². The van der Waals surface area contributed by atoms with Crippen molar-refractivity contribution in [3.05, 3.63) is 29.8 Å². The van der Waals surface area contributed by atoms with Crippen LogP contribution >= 0.6 is 0 Å². The van der Waals surface area contributed by atoms with Gasteiger partial charge in [-0.1, -0.05) is 13.8 Å². The van der Waals surface area contributed by atoms with Gasteiger partial charge in [0, 0.05) is 18.6 Å². The number of Topliss-reactive ketones (excluding diaryl/α,β-unsaturated/α-hetero) is 1. The Labute approximate surface area is 103 Å². The summed E-state index contributed by atoms with van der Waals surface area (Å²) in [5.74, 6) is 0.931. The van der Waals surface area contributed by atoms with E-state index >= 15 is 0 Å². The molecule has 1 rings (SSSR count). The monoisotopic (exact) mass is 236 g/mol. The minimum Gasteiger partial charge on any atom is -0.491 e. The highest BCUT2D eigenvalue weighted by molar-refractivity contribution is 5.95. The maximum atomic E-state index is 11.4. The van der Waals surface area contributed by atoms with Gasteiger partial charge in [0.1, 0.15) is 12.4 Å². The zero-order chi connectivity index (χ0) is 12.5. The molecule has 0 aliphatic carbocycles. The Hall–Kier alpha value is -1.35. The summed E-state index contributed by atoms with van der Waals surface area (Å²) in [4.78, 5) is 11.4. The fourth-order valence-electron chi connectivity index (χ4n) is 1.41. The van der Waals surface area contributed by atoms with Gasteiger partial charge >= 0.3 is 0 Å². The molecule has 0 aliphatic heterocycles. The molecule has 3 heteroatoms. The van der Waals surface area contributed by atoms with Crippen molar-refractivity contribution in [2.45, 2.75) is 26.7 Å². The minimum atomic E-state index is 0.155. The van der Waals surface area contributed by atoms with Gasteiger partial charge in [-0.05, 0) is 30.7 Å². The van der Waals surface area contributed by atoms with Crippen LogP contribution in [0.4, 0.5) is 0 Å². The van der Waals surface area contributed by atoms with Crippen LogP contribution in [0.25, 0.3) is 0 Å². The van der Waals surface area contributed by atoms with E-state index in [-0.39, 0.29) is 5.78 Å². The third-order valence-corrected chi connectivity index (χ3v) is 2.34. The van der Waals surface area contributed by atoms with Crippen LogP contribution in [-0.2, 0) is 4.74 Å². The van der Waals surface area contributed by atoms with E-state index in [0.717, 1.165) is 24.3 Å². The zero-order valence-corrected chi connectivity index (χ0v) is 10.6. The number of hydrogen-bond donors (Lipinski definition) is 0. The van der Waals surface area contributed by atoms with Crippen LogP contribution in [0, 0.1) is 0 Å². The summed E-state index contributed by atoms with van der Waals surface area (Å²) in [6.45, 7) is 5.85. The molecule has 17 heavy (non-hydrogen) atoms. The van der Waals surface area contributed by atoms with Gasteiger partial charge in [0.2, 0.25) is 0 Å².